The van der Waals surface area contributed by atoms with Crippen LogP contribution in [0, 0.1) is 0 Å². The second-order valence-electron chi connectivity index (χ2n) is 5.13. The second-order valence-corrected chi connectivity index (χ2v) is 5.94. The van der Waals surface area contributed by atoms with Gasteiger partial charge in [-0.05, 0) is 18.6 Å². The molecule has 120 valence electrons. The summed E-state index contributed by atoms with van der Waals surface area (Å²) >= 11 is 12.1. The summed E-state index contributed by atoms with van der Waals surface area (Å²) in [6, 6.07) is 3.22. The number of fused-ring (bicyclic) bond motifs is 1. The largest absolute Gasteiger partial charge is 0.491 e. The second kappa shape index (κ2) is 7.36. The van der Waals surface area contributed by atoms with Gasteiger partial charge in [0.25, 0.3) is 5.56 Å². The fourth-order valence-electron chi connectivity index (χ4n) is 2.39. The zero-order valence-electron chi connectivity index (χ0n) is 12.7. The van der Waals surface area contributed by atoms with E-state index in [4.69, 9.17) is 27.9 Å². The van der Waals surface area contributed by atoms with E-state index in [1.54, 1.807) is 19.2 Å². The third kappa shape index (κ3) is 3.24. The van der Waals surface area contributed by atoms with Gasteiger partial charge in [0.2, 0.25) is 0 Å². The number of hydrogen-bond acceptors (Lipinski definition) is 3. The zero-order valence-corrected chi connectivity index (χ0v) is 14.2. The van der Waals surface area contributed by atoms with Crippen LogP contribution in [-0.2, 0) is 13.5 Å². The van der Waals surface area contributed by atoms with Crippen molar-refractivity contribution in [3.8, 4) is 5.75 Å². The third-order valence-electron chi connectivity index (χ3n) is 3.60. The smallest absolute Gasteiger partial charge is 0.258 e. The molecule has 2 aromatic rings. The number of aromatic nitrogens is 1. The fourth-order valence-corrected chi connectivity index (χ4v) is 2.72. The van der Waals surface area contributed by atoms with Gasteiger partial charge in [-0.3, -0.25) is 4.79 Å². The van der Waals surface area contributed by atoms with Crippen LogP contribution in [0.4, 0.5) is 0 Å². The van der Waals surface area contributed by atoms with Crippen molar-refractivity contribution in [1.29, 1.82) is 0 Å². The molecular weight excluding hydrogens is 325 g/mol. The molecule has 1 heterocycles. The van der Waals surface area contributed by atoms with Gasteiger partial charge in [-0.25, -0.2) is 0 Å². The van der Waals surface area contributed by atoms with E-state index in [1.165, 1.54) is 4.57 Å². The Morgan fingerprint density at radius 1 is 1.23 bits per heavy atom. The molecule has 0 atom stereocenters. The Morgan fingerprint density at radius 2 is 1.86 bits per heavy atom. The number of nitrogens with zero attached hydrogens (tertiary/aromatic N) is 1. The Bertz CT molecular complexity index is 740. The van der Waals surface area contributed by atoms with Crippen LogP contribution in [-0.4, -0.2) is 22.9 Å². The molecule has 6 heteroatoms. The minimum Gasteiger partial charge on any atom is -0.491 e. The van der Waals surface area contributed by atoms with Crippen LogP contribution in [0.1, 0.15) is 25.5 Å². The van der Waals surface area contributed by atoms with Gasteiger partial charge in [0.1, 0.15) is 5.75 Å². The molecule has 0 radical (unpaired) electrons. The van der Waals surface area contributed by atoms with E-state index in [0.29, 0.717) is 45.3 Å². The van der Waals surface area contributed by atoms with Crippen molar-refractivity contribution in [2.75, 3.05) is 13.2 Å². The standard InChI is InChI=1S/C16H19Cl2NO3/c1-3-4-7-22-15-10-8-12(17)13(18)9-11(10)16(21)19(2)14(15)5-6-20/h8-9,20H,3-7H2,1-2H3. The number of benzene rings is 1. The van der Waals surface area contributed by atoms with Gasteiger partial charge < -0.3 is 14.4 Å². The maximum Gasteiger partial charge on any atom is 0.258 e. The van der Waals surface area contributed by atoms with E-state index < -0.39 is 0 Å². The first-order valence-corrected chi connectivity index (χ1v) is 8.01. The number of aliphatic hydroxyl groups is 1. The summed E-state index contributed by atoms with van der Waals surface area (Å²) in [5, 5.41) is 11.1. The van der Waals surface area contributed by atoms with Gasteiger partial charge in [0.05, 0.1) is 27.7 Å². The van der Waals surface area contributed by atoms with Crippen LogP contribution in [0.5, 0.6) is 5.75 Å². The molecule has 0 aliphatic carbocycles. The highest BCUT2D eigenvalue weighted by Gasteiger charge is 2.17. The molecule has 0 amide bonds. The molecule has 0 fully saturated rings. The van der Waals surface area contributed by atoms with Gasteiger partial charge in [-0.15, -0.1) is 0 Å². The topological polar surface area (TPSA) is 51.5 Å². The normalized spacial score (nSPS) is 11.1. The van der Waals surface area contributed by atoms with Gasteiger partial charge >= 0.3 is 0 Å². The van der Waals surface area contributed by atoms with Crippen molar-refractivity contribution >= 4 is 34.0 Å². The summed E-state index contributed by atoms with van der Waals surface area (Å²) in [4.78, 5) is 12.5. The summed E-state index contributed by atoms with van der Waals surface area (Å²) in [5.74, 6) is 0.596. The van der Waals surface area contributed by atoms with Crippen LogP contribution in [0.15, 0.2) is 16.9 Å². The highest BCUT2D eigenvalue weighted by Crippen LogP contribution is 2.34. The van der Waals surface area contributed by atoms with Crippen molar-refractivity contribution < 1.29 is 9.84 Å². The van der Waals surface area contributed by atoms with Crippen LogP contribution >= 0.6 is 23.2 Å². The highest BCUT2D eigenvalue weighted by molar-refractivity contribution is 6.42. The van der Waals surface area contributed by atoms with E-state index in [-0.39, 0.29) is 12.2 Å². The third-order valence-corrected chi connectivity index (χ3v) is 4.32. The molecule has 2 rings (SSSR count). The number of halogens is 2. The van der Waals surface area contributed by atoms with E-state index in [0.717, 1.165) is 12.8 Å². The minimum absolute atomic E-state index is 0.0652. The predicted octanol–water partition coefficient (Wildman–Crippen LogP) is 3.56. The lowest BCUT2D eigenvalue weighted by molar-refractivity contribution is 0.282. The summed E-state index contributed by atoms with van der Waals surface area (Å²) in [5.41, 5.74) is 0.481. The molecule has 1 aromatic carbocycles. The Morgan fingerprint density at radius 3 is 2.45 bits per heavy atom. The first-order chi connectivity index (χ1) is 10.5. The summed E-state index contributed by atoms with van der Waals surface area (Å²) in [6.07, 6.45) is 2.25. The lowest BCUT2D eigenvalue weighted by Crippen LogP contribution is -2.23. The SMILES string of the molecule is CCCCOc1c(CCO)n(C)c(=O)c2cc(Cl)c(Cl)cc12. The Balaban J connectivity index is 2.73. The van der Waals surface area contributed by atoms with Crippen LogP contribution in [0.2, 0.25) is 10.0 Å². The van der Waals surface area contributed by atoms with Crippen LogP contribution < -0.4 is 10.3 Å². The molecule has 0 unspecified atom stereocenters. The first-order valence-electron chi connectivity index (χ1n) is 7.25. The quantitative estimate of drug-likeness (QED) is 0.816. The monoisotopic (exact) mass is 343 g/mol. The van der Waals surface area contributed by atoms with Crippen molar-refractivity contribution in [2.45, 2.75) is 26.2 Å². The first kappa shape index (κ1) is 17.1. The van der Waals surface area contributed by atoms with Crippen molar-refractivity contribution in [2.24, 2.45) is 7.05 Å². The lowest BCUT2D eigenvalue weighted by Gasteiger charge is -2.17. The van der Waals surface area contributed by atoms with Gasteiger partial charge in [-0.2, -0.15) is 0 Å². The molecule has 22 heavy (non-hydrogen) atoms. The highest BCUT2D eigenvalue weighted by atomic mass is 35.5. The van der Waals surface area contributed by atoms with Crippen LogP contribution in [0.3, 0.4) is 0 Å². The van der Waals surface area contributed by atoms with E-state index in [2.05, 4.69) is 6.92 Å². The number of pyridine rings is 1. The molecule has 0 spiro atoms. The lowest BCUT2D eigenvalue weighted by atomic mass is 10.1. The Hall–Kier alpha value is -1.23. The zero-order chi connectivity index (χ0) is 16.3. The summed E-state index contributed by atoms with van der Waals surface area (Å²) in [6.45, 7) is 2.56. The van der Waals surface area contributed by atoms with E-state index in [1.807, 2.05) is 0 Å². The van der Waals surface area contributed by atoms with E-state index in [9.17, 15) is 9.90 Å². The predicted molar refractivity (Wildman–Crippen MR) is 90.4 cm³/mol. The summed E-state index contributed by atoms with van der Waals surface area (Å²) in [7, 11) is 1.67. The molecular formula is C16H19Cl2NO3. The molecule has 1 aromatic heterocycles. The Labute approximate surface area is 139 Å². The van der Waals surface area contributed by atoms with Crippen molar-refractivity contribution in [3.05, 3.63) is 38.2 Å². The Kier molecular flexibility index (Phi) is 5.73. The van der Waals surface area contributed by atoms with Gasteiger partial charge in [0, 0.05) is 25.5 Å². The molecule has 0 aliphatic rings. The minimum atomic E-state index is -0.181. The molecule has 0 saturated carbocycles. The maximum absolute atomic E-state index is 12.5. The molecule has 0 saturated heterocycles. The van der Waals surface area contributed by atoms with Crippen molar-refractivity contribution in [1.82, 2.24) is 4.57 Å². The summed E-state index contributed by atoms with van der Waals surface area (Å²) < 4.78 is 7.41. The van der Waals surface area contributed by atoms with Gasteiger partial charge in [-0.1, -0.05) is 36.5 Å². The van der Waals surface area contributed by atoms with Gasteiger partial charge in [0.15, 0.2) is 0 Å². The molecule has 1 N–H and O–H groups in total. The number of ether oxygens (including phenoxy) is 1. The average Bonchev–Trinajstić information content (AvgIpc) is 2.50. The number of aliphatic hydroxyl groups excluding tert-OH is 1. The van der Waals surface area contributed by atoms with Crippen LogP contribution in [0.25, 0.3) is 10.8 Å². The average molecular weight is 344 g/mol. The number of hydrogen-bond donors (Lipinski definition) is 1. The molecule has 4 nitrogen and oxygen atoms in total. The maximum atomic E-state index is 12.5. The van der Waals surface area contributed by atoms with Crippen molar-refractivity contribution in [3.63, 3.8) is 0 Å². The number of rotatable bonds is 6. The molecule has 0 aliphatic heterocycles. The number of unbranched alkanes of at least 4 members (excludes halogenated alkanes) is 1. The fraction of sp³-hybridized carbons (Fsp3) is 0.438. The molecule has 0 bridgehead atoms. The van der Waals surface area contributed by atoms with E-state index >= 15 is 0 Å².